The number of anilines is 1. The van der Waals surface area contributed by atoms with Crippen molar-refractivity contribution in [1.82, 2.24) is 20.1 Å². The fourth-order valence-corrected chi connectivity index (χ4v) is 5.46. The van der Waals surface area contributed by atoms with Crippen molar-refractivity contribution in [2.75, 3.05) is 5.32 Å². The van der Waals surface area contributed by atoms with E-state index < -0.39 is 46.7 Å². The molecule has 0 saturated heterocycles. The molecule has 41 heavy (non-hydrogen) atoms. The number of nitrogens with zero attached hydrogens (tertiary/aromatic N) is 4. The lowest BCUT2D eigenvalue weighted by Crippen LogP contribution is -2.50. The van der Waals surface area contributed by atoms with Crippen molar-refractivity contribution >= 4 is 17.6 Å². The van der Waals surface area contributed by atoms with Gasteiger partial charge in [0.25, 0.3) is 5.91 Å². The Bertz CT molecular complexity index is 1470. The van der Waals surface area contributed by atoms with Crippen molar-refractivity contribution < 1.29 is 31.9 Å². The number of hydrogen-bond donors (Lipinski definition) is 2. The Kier molecular flexibility index (Phi) is 7.47. The van der Waals surface area contributed by atoms with E-state index >= 15 is 4.39 Å². The molecular formula is C28H30F4N6O3. The highest BCUT2D eigenvalue weighted by atomic mass is 19.4. The summed E-state index contributed by atoms with van der Waals surface area (Å²) in [6.07, 6.45) is 1.11. The Labute approximate surface area is 233 Å². The molecule has 3 aromatic heterocycles. The third-order valence-electron chi connectivity index (χ3n) is 7.69. The first-order valence-corrected chi connectivity index (χ1v) is 13.5. The molecule has 2 aliphatic carbocycles. The molecule has 2 aliphatic rings. The lowest BCUT2D eigenvalue weighted by molar-refractivity contribution is -0.611. The lowest BCUT2D eigenvalue weighted by atomic mass is 9.88. The smallest absolute Gasteiger partial charge is 0.417 e. The van der Waals surface area contributed by atoms with Gasteiger partial charge in [0.05, 0.1) is 11.1 Å². The molecule has 0 aliphatic heterocycles. The quantitative estimate of drug-likeness (QED) is 0.165. The highest BCUT2D eigenvalue weighted by Crippen LogP contribution is 2.51. The number of rotatable bonds is 9. The first kappa shape index (κ1) is 28.5. The highest BCUT2D eigenvalue weighted by molar-refractivity contribution is 6.00. The maximum atomic E-state index is 15.2. The van der Waals surface area contributed by atoms with E-state index in [-0.39, 0.29) is 40.0 Å². The molecule has 3 heterocycles. The largest absolute Gasteiger partial charge is 0.618 e. The van der Waals surface area contributed by atoms with Crippen LogP contribution in [0.25, 0.3) is 11.1 Å². The molecule has 9 nitrogen and oxygen atoms in total. The molecule has 3 aromatic rings. The summed E-state index contributed by atoms with van der Waals surface area (Å²) in [7, 11) is 0. The summed E-state index contributed by atoms with van der Waals surface area (Å²) in [5.74, 6) is -2.17. The second-order valence-corrected chi connectivity index (χ2v) is 11.0. The molecule has 0 radical (unpaired) electrons. The third-order valence-corrected chi connectivity index (χ3v) is 7.69. The van der Waals surface area contributed by atoms with Crippen LogP contribution in [0.4, 0.5) is 23.4 Å². The Morgan fingerprint density at radius 2 is 1.76 bits per heavy atom. The van der Waals surface area contributed by atoms with E-state index in [4.69, 9.17) is 0 Å². The van der Waals surface area contributed by atoms with Gasteiger partial charge in [-0.15, -0.1) is 0 Å². The zero-order valence-corrected chi connectivity index (χ0v) is 22.7. The summed E-state index contributed by atoms with van der Waals surface area (Å²) >= 11 is 0. The summed E-state index contributed by atoms with van der Waals surface area (Å²) in [4.78, 5) is 30.6. The Hall–Kier alpha value is -4.03. The Morgan fingerprint density at radius 3 is 2.32 bits per heavy atom. The fraction of sp³-hybridized carbons (Fsp3) is 0.464. The number of nitrogens with one attached hydrogen (secondary N) is 2. The van der Waals surface area contributed by atoms with Crippen LogP contribution in [0.1, 0.15) is 67.3 Å². The van der Waals surface area contributed by atoms with Gasteiger partial charge in [-0.25, -0.2) is 4.98 Å². The Morgan fingerprint density at radius 1 is 1.10 bits per heavy atom. The average molecular weight is 575 g/mol. The van der Waals surface area contributed by atoms with Crippen LogP contribution in [-0.2, 0) is 11.0 Å². The third kappa shape index (κ3) is 5.89. The molecule has 0 unspecified atom stereocenters. The molecule has 2 N–H and O–H groups in total. The predicted molar refractivity (Wildman–Crippen MR) is 140 cm³/mol. The normalized spacial score (nSPS) is 16.2. The van der Waals surface area contributed by atoms with Crippen LogP contribution in [0.15, 0.2) is 36.7 Å². The fourth-order valence-electron chi connectivity index (χ4n) is 5.46. The van der Waals surface area contributed by atoms with Crippen molar-refractivity contribution in [2.45, 2.75) is 64.7 Å². The standard InChI is InChI=1S/C28H30F4N6O3/c1-14(2)38-20(10-12-33-38)26(39)36-24(23(16-4-5-16)17-6-7-17)27(40)35-21-9-8-18(25(29)34-21)22-15(3)37(41)13-11-19(22)28(30,31)32/h8-14,16-17,23-24H,4-7H2,1-3H3,(H,36,39)(H,34,35,40)/t24-/m0/s1. The number of halogens is 4. The minimum absolute atomic E-state index is 0.0893. The molecule has 13 heteroatoms. The number of carbonyl (C=O) groups is 2. The van der Waals surface area contributed by atoms with Crippen LogP contribution in [0.3, 0.4) is 0 Å². The van der Waals surface area contributed by atoms with E-state index in [2.05, 4.69) is 20.7 Å². The van der Waals surface area contributed by atoms with Gasteiger partial charge < -0.3 is 15.8 Å². The second-order valence-electron chi connectivity index (χ2n) is 11.0. The second kappa shape index (κ2) is 10.7. The van der Waals surface area contributed by atoms with Crippen LogP contribution in [0, 0.1) is 35.8 Å². The molecule has 2 amide bonds. The molecule has 2 fully saturated rings. The number of pyridine rings is 2. The minimum Gasteiger partial charge on any atom is -0.618 e. The lowest BCUT2D eigenvalue weighted by Gasteiger charge is -2.27. The summed E-state index contributed by atoms with van der Waals surface area (Å²) in [6.45, 7) is 4.90. The molecular weight excluding hydrogens is 544 g/mol. The van der Waals surface area contributed by atoms with Gasteiger partial charge in [-0.1, -0.05) is 0 Å². The number of hydrogen-bond acceptors (Lipinski definition) is 5. The van der Waals surface area contributed by atoms with Gasteiger partial charge in [0.2, 0.25) is 11.9 Å². The van der Waals surface area contributed by atoms with Gasteiger partial charge in [0.1, 0.15) is 17.6 Å². The predicted octanol–water partition coefficient (Wildman–Crippen LogP) is 4.80. The van der Waals surface area contributed by atoms with E-state index in [1.54, 1.807) is 10.7 Å². The molecule has 1 atom stereocenters. The van der Waals surface area contributed by atoms with E-state index in [0.717, 1.165) is 38.7 Å². The van der Waals surface area contributed by atoms with Crippen LogP contribution in [-0.4, -0.2) is 32.6 Å². The van der Waals surface area contributed by atoms with Crippen molar-refractivity contribution in [1.29, 1.82) is 0 Å². The Balaban J connectivity index is 1.43. The summed E-state index contributed by atoms with van der Waals surface area (Å²) in [6, 6.07) is 3.34. The van der Waals surface area contributed by atoms with E-state index in [1.165, 1.54) is 12.3 Å². The van der Waals surface area contributed by atoms with Crippen LogP contribution < -0.4 is 15.4 Å². The highest BCUT2D eigenvalue weighted by Gasteiger charge is 2.48. The summed E-state index contributed by atoms with van der Waals surface area (Å²) in [5, 5.41) is 21.6. The molecule has 2 saturated carbocycles. The topological polar surface area (TPSA) is 116 Å². The maximum Gasteiger partial charge on any atom is 0.417 e. The van der Waals surface area contributed by atoms with E-state index in [9.17, 15) is 28.0 Å². The summed E-state index contributed by atoms with van der Waals surface area (Å²) < 4.78 is 57.9. The van der Waals surface area contributed by atoms with Gasteiger partial charge in [0.15, 0.2) is 11.9 Å². The van der Waals surface area contributed by atoms with E-state index in [1.807, 2.05) is 13.8 Å². The average Bonchev–Trinajstić information content (AvgIpc) is 3.84. The number of amides is 2. The van der Waals surface area contributed by atoms with Crippen LogP contribution in [0.2, 0.25) is 0 Å². The van der Waals surface area contributed by atoms with Gasteiger partial charge >= 0.3 is 6.18 Å². The van der Waals surface area contributed by atoms with Gasteiger partial charge in [0, 0.05) is 30.8 Å². The monoisotopic (exact) mass is 574 g/mol. The van der Waals surface area contributed by atoms with Crippen molar-refractivity contribution in [2.24, 2.45) is 17.8 Å². The van der Waals surface area contributed by atoms with Crippen molar-refractivity contribution in [3.8, 4) is 11.1 Å². The first-order chi connectivity index (χ1) is 19.4. The number of alkyl halides is 3. The zero-order chi connectivity index (χ0) is 29.6. The molecule has 0 bridgehead atoms. The summed E-state index contributed by atoms with van der Waals surface area (Å²) in [5.41, 5.74) is -2.39. The number of carbonyl (C=O) groups excluding carboxylic acids is 2. The maximum absolute atomic E-state index is 15.2. The van der Waals surface area contributed by atoms with Crippen molar-refractivity contribution in [3.63, 3.8) is 0 Å². The molecule has 0 spiro atoms. The van der Waals surface area contributed by atoms with Crippen molar-refractivity contribution in [3.05, 3.63) is 64.8 Å². The molecule has 218 valence electrons. The SMILES string of the molecule is Cc1c(-c2ccc(NC(=O)[C@@H](NC(=O)c3ccnn3C(C)C)C(C3CC3)C3CC3)nc2F)c(C(F)(F)F)cc[n+]1[O-]. The van der Waals surface area contributed by atoms with Gasteiger partial charge in [-0.05, 0) is 75.5 Å². The minimum atomic E-state index is -4.84. The van der Waals surface area contributed by atoms with Gasteiger partial charge in [-0.3, -0.25) is 14.3 Å². The van der Waals surface area contributed by atoms with E-state index in [0.29, 0.717) is 18.0 Å². The van der Waals surface area contributed by atoms with Gasteiger partial charge in [-0.2, -0.15) is 27.4 Å². The van der Waals surface area contributed by atoms with Crippen LogP contribution >= 0.6 is 0 Å². The van der Waals surface area contributed by atoms with Crippen LogP contribution in [0.5, 0.6) is 0 Å². The number of aromatic nitrogens is 4. The molecule has 0 aromatic carbocycles. The first-order valence-electron chi connectivity index (χ1n) is 13.5. The molecule has 5 rings (SSSR count). The zero-order valence-electron chi connectivity index (χ0n) is 22.7.